The molecule has 0 radical (unpaired) electrons. The highest BCUT2D eigenvalue weighted by molar-refractivity contribution is 5.72. The average Bonchev–Trinajstić information content (AvgIpc) is 3.21. The molecule has 0 amide bonds. The van der Waals surface area contributed by atoms with Crippen molar-refractivity contribution in [1.82, 2.24) is 19.7 Å². The average molecular weight is 324 g/mol. The molecular weight excluding hydrogens is 300 g/mol. The van der Waals surface area contributed by atoms with Crippen molar-refractivity contribution in [3.63, 3.8) is 0 Å². The summed E-state index contributed by atoms with van der Waals surface area (Å²) in [4.78, 5) is 7.12. The molecule has 4 rings (SSSR count). The lowest BCUT2D eigenvalue weighted by atomic mass is 9.91. The molecular formula is C19H24N4O. The molecule has 0 saturated carbocycles. The fourth-order valence-corrected chi connectivity index (χ4v) is 3.62. The molecule has 0 N–H and O–H groups in total. The van der Waals surface area contributed by atoms with Crippen LogP contribution in [0.2, 0.25) is 0 Å². The van der Waals surface area contributed by atoms with Gasteiger partial charge < -0.3 is 9.32 Å². The van der Waals surface area contributed by atoms with Crippen molar-refractivity contribution in [1.29, 1.82) is 0 Å². The lowest BCUT2D eigenvalue weighted by molar-refractivity contribution is 0.209. The normalized spacial score (nSPS) is 16.9. The van der Waals surface area contributed by atoms with E-state index in [9.17, 15) is 0 Å². The van der Waals surface area contributed by atoms with Gasteiger partial charge in [0.2, 0.25) is 0 Å². The van der Waals surface area contributed by atoms with Crippen molar-refractivity contribution in [2.45, 2.75) is 31.6 Å². The molecule has 24 heavy (non-hydrogen) atoms. The number of nitrogens with zero attached hydrogens (tertiary/aromatic N) is 4. The topological polar surface area (TPSA) is 47.1 Å². The van der Waals surface area contributed by atoms with Gasteiger partial charge in [0.1, 0.15) is 5.52 Å². The van der Waals surface area contributed by atoms with Crippen LogP contribution in [0.5, 0.6) is 0 Å². The first-order valence-corrected chi connectivity index (χ1v) is 8.83. The SMILES string of the molecule is Cn1cc(C2CCN(CCCc3nc4ccccc4o3)CC2)cn1. The van der Waals surface area contributed by atoms with Crippen LogP contribution >= 0.6 is 0 Å². The highest BCUT2D eigenvalue weighted by Gasteiger charge is 2.21. The molecule has 1 aliphatic rings. The van der Waals surface area contributed by atoms with Crippen LogP contribution in [0.3, 0.4) is 0 Å². The van der Waals surface area contributed by atoms with Crippen molar-refractivity contribution >= 4 is 11.1 Å². The Bertz CT molecular complexity index is 765. The molecule has 1 aromatic carbocycles. The monoisotopic (exact) mass is 324 g/mol. The van der Waals surface area contributed by atoms with Crippen LogP contribution in [0.4, 0.5) is 0 Å². The largest absolute Gasteiger partial charge is 0.441 e. The first kappa shape index (κ1) is 15.4. The van der Waals surface area contributed by atoms with E-state index in [1.165, 1.54) is 31.5 Å². The summed E-state index contributed by atoms with van der Waals surface area (Å²) in [5, 5.41) is 4.30. The van der Waals surface area contributed by atoms with E-state index in [-0.39, 0.29) is 0 Å². The molecule has 0 unspecified atom stereocenters. The highest BCUT2D eigenvalue weighted by Crippen LogP contribution is 2.27. The molecule has 2 aromatic heterocycles. The zero-order valence-corrected chi connectivity index (χ0v) is 14.2. The smallest absolute Gasteiger partial charge is 0.195 e. The Labute approximate surface area is 142 Å². The molecule has 1 saturated heterocycles. The summed E-state index contributed by atoms with van der Waals surface area (Å²) in [6, 6.07) is 7.98. The van der Waals surface area contributed by atoms with Gasteiger partial charge in [-0.3, -0.25) is 4.68 Å². The van der Waals surface area contributed by atoms with Gasteiger partial charge in [-0.2, -0.15) is 5.10 Å². The summed E-state index contributed by atoms with van der Waals surface area (Å²) in [7, 11) is 1.99. The second kappa shape index (κ2) is 6.77. The van der Waals surface area contributed by atoms with E-state index in [1.807, 2.05) is 42.2 Å². The molecule has 1 fully saturated rings. The standard InChI is InChI=1S/C19H24N4O/c1-22-14-16(13-20-22)15-8-11-23(12-9-15)10-4-7-19-21-17-5-2-3-6-18(17)24-19/h2-3,5-6,13-15H,4,7-12H2,1H3. The van der Waals surface area contributed by atoms with Crippen molar-refractivity contribution in [3.8, 4) is 0 Å². The van der Waals surface area contributed by atoms with E-state index < -0.39 is 0 Å². The number of para-hydroxylation sites is 2. The number of oxazole rings is 1. The summed E-state index contributed by atoms with van der Waals surface area (Å²) in [5.41, 5.74) is 3.25. The summed E-state index contributed by atoms with van der Waals surface area (Å²) in [5.74, 6) is 1.54. The Hall–Kier alpha value is -2.14. The Morgan fingerprint density at radius 2 is 2.04 bits per heavy atom. The second-order valence-corrected chi connectivity index (χ2v) is 6.74. The van der Waals surface area contributed by atoms with E-state index >= 15 is 0 Å². The Balaban J connectivity index is 1.24. The Kier molecular flexibility index (Phi) is 4.34. The second-order valence-electron chi connectivity index (χ2n) is 6.74. The minimum absolute atomic E-state index is 0.673. The van der Waals surface area contributed by atoms with Gasteiger partial charge in [-0.05, 0) is 62.5 Å². The number of piperidine rings is 1. The van der Waals surface area contributed by atoms with Gasteiger partial charge in [0, 0.05) is 19.7 Å². The van der Waals surface area contributed by atoms with Gasteiger partial charge in [0.05, 0.1) is 6.20 Å². The molecule has 0 bridgehead atoms. The predicted octanol–water partition coefficient (Wildman–Crippen LogP) is 3.37. The van der Waals surface area contributed by atoms with Crippen molar-refractivity contribution < 1.29 is 4.42 Å². The highest BCUT2D eigenvalue weighted by atomic mass is 16.3. The van der Waals surface area contributed by atoms with Crippen LogP contribution in [-0.2, 0) is 13.5 Å². The number of aryl methyl sites for hydroxylation is 2. The van der Waals surface area contributed by atoms with Crippen LogP contribution in [-0.4, -0.2) is 39.3 Å². The van der Waals surface area contributed by atoms with Gasteiger partial charge >= 0.3 is 0 Å². The number of aromatic nitrogens is 3. The van der Waals surface area contributed by atoms with Gasteiger partial charge in [-0.25, -0.2) is 4.98 Å². The third-order valence-corrected chi connectivity index (χ3v) is 4.99. The molecule has 5 heteroatoms. The number of fused-ring (bicyclic) bond motifs is 1. The van der Waals surface area contributed by atoms with Crippen molar-refractivity contribution in [2.24, 2.45) is 7.05 Å². The maximum atomic E-state index is 5.80. The van der Waals surface area contributed by atoms with Crippen LogP contribution < -0.4 is 0 Å². The van der Waals surface area contributed by atoms with Crippen LogP contribution in [0.25, 0.3) is 11.1 Å². The van der Waals surface area contributed by atoms with E-state index in [4.69, 9.17) is 4.42 Å². The number of hydrogen-bond acceptors (Lipinski definition) is 4. The maximum absolute atomic E-state index is 5.80. The summed E-state index contributed by atoms with van der Waals surface area (Å²) in [6.45, 7) is 3.47. The van der Waals surface area contributed by atoms with Crippen LogP contribution in [0.1, 0.15) is 36.6 Å². The quantitative estimate of drug-likeness (QED) is 0.722. The fraction of sp³-hybridized carbons (Fsp3) is 0.474. The van der Waals surface area contributed by atoms with Crippen molar-refractivity contribution in [3.05, 3.63) is 48.1 Å². The number of likely N-dealkylation sites (tertiary alicyclic amines) is 1. The Morgan fingerprint density at radius 3 is 2.79 bits per heavy atom. The summed E-state index contributed by atoms with van der Waals surface area (Å²) < 4.78 is 7.70. The Morgan fingerprint density at radius 1 is 1.21 bits per heavy atom. The van der Waals surface area contributed by atoms with Crippen molar-refractivity contribution in [2.75, 3.05) is 19.6 Å². The minimum Gasteiger partial charge on any atom is -0.441 e. The third kappa shape index (κ3) is 3.36. The summed E-state index contributed by atoms with van der Waals surface area (Å²) in [6.07, 6.45) is 8.66. The molecule has 3 aromatic rings. The molecule has 5 nitrogen and oxygen atoms in total. The number of rotatable bonds is 5. The number of benzene rings is 1. The zero-order chi connectivity index (χ0) is 16.4. The minimum atomic E-state index is 0.673. The molecule has 3 heterocycles. The molecule has 1 aliphatic heterocycles. The molecule has 0 atom stereocenters. The van der Waals surface area contributed by atoms with Crippen LogP contribution in [0, 0.1) is 0 Å². The lowest BCUT2D eigenvalue weighted by Crippen LogP contribution is -2.33. The van der Waals surface area contributed by atoms with Gasteiger partial charge in [-0.1, -0.05) is 12.1 Å². The lowest BCUT2D eigenvalue weighted by Gasteiger charge is -2.31. The molecule has 0 aliphatic carbocycles. The summed E-state index contributed by atoms with van der Waals surface area (Å²) >= 11 is 0. The van der Waals surface area contributed by atoms with E-state index in [0.717, 1.165) is 36.4 Å². The predicted molar refractivity (Wildman–Crippen MR) is 94.0 cm³/mol. The zero-order valence-electron chi connectivity index (χ0n) is 14.2. The van der Waals surface area contributed by atoms with Gasteiger partial charge in [-0.15, -0.1) is 0 Å². The van der Waals surface area contributed by atoms with Crippen LogP contribution in [0.15, 0.2) is 41.1 Å². The van der Waals surface area contributed by atoms with Gasteiger partial charge in [0.25, 0.3) is 0 Å². The fourth-order valence-electron chi connectivity index (χ4n) is 3.62. The third-order valence-electron chi connectivity index (χ3n) is 4.99. The molecule has 126 valence electrons. The first-order chi connectivity index (χ1) is 11.8. The van der Waals surface area contributed by atoms with E-state index in [2.05, 4.69) is 21.2 Å². The number of hydrogen-bond donors (Lipinski definition) is 0. The maximum Gasteiger partial charge on any atom is 0.195 e. The molecule has 0 spiro atoms. The van der Waals surface area contributed by atoms with E-state index in [0.29, 0.717) is 5.92 Å². The first-order valence-electron chi connectivity index (χ1n) is 8.83. The van der Waals surface area contributed by atoms with Gasteiger partial charge in [0.15, 0.2) is 11.5 Å². The van der Waals surface area contributed by atoms with E-state index in [1.54, 1.807) is 0 Å².